The highest BCUT2D eigenvalue weighted by Gasteiger charge is 2.40. The van der Waals surface area contributed by atoms with E-state index in [9.17, 15) is 24.8 Å². The number of phenols is 1. The minimum Gasteiger partial charge on any atom is -0.507 e. The van der Waals surface area contributed by atoms with Crippen molar-refractivity contribution in [1.82, 2.24) is 0 Å². The molecule has 134 valence electrons. The molecule has 0 fully saturated rings. The lowest BCUT2D eigenvalue weighted by atomic mass is 9.81. The van der Waals surface area contributed by atoms with E-state index in [-0.39, 0.29) is 28.4 Å². The van der Waals surface area contributed by atoms with E-state index in [0.29, 0.717) is 5.69 Å². The number of nitrogens with two attached hydrogens (primary N) is 1. The van der Waals surface area contributed by atoms with Crippen molar-refractivity contribution in [3.63, 3.8) is 0 Å². The van der Waals surface area contributed by atoms with Gasteiger partial charge in [0.05, 0.1) is 21.6 Å². The zero-order valence-electron chi connectivity index (χ0n) is 14.2. The van der Waals surface area contributed by atoms with Crippen LogP contribution in [0.3, 0.4) is 0 Å². The number of fused-ring (bicyclic) bond motifs is 2. The predicted octanol–water partition coefficient (Wildman–Crippen LogP) is 2.87. The summed E-state index contributed by atoms with van der Waals surface area (Å²) < 4.78 is 0. The van der Waals surface area contributed by atoms with Crippen LogP contribution in [0.5, 0.6) is 5.75 Å². The second-order valence-electron chi connectivity index (χ2n) is 6.18. The van der Waals surface area contributed by atoms with Crippen LogP contribution < -0.4 is 11.1 Å². The Balaban J connectivity index is 2.33. The van der Waals surface area contributed by atoms with Gasteiger partial charge in [0.2, 0.25) is 11.6 Å². The topological polar surface area (TPSA) is 136 Å². The Kier molecular flexibility index (Phi) is 4.11. The SMILES string of the molecule is CC[C@@H](C)Nc1ccc(N)c2c1C(=O)c1c(O)ccc([N+](=O)[O-])c1C2=O. The van der Waals surface area contributed by atoms with E-state index < -0.39 is 33.5 Å². The maximum atomic E-state index is 13.1. The summed E-state index contributed by atoms with van der Waals surface area (Å²) in [5.74, 6) is -1.90. The van der Waals surface area contributed by atoms with Gasteiger partial charge < -0.3 is 16.2 Å². The fraction of sp³-hybridized carbons (Fsp3) is 0.222. The Bertz CT molecular complexity index is 968. The van der Waals surface area contributed by atoms with Crippen LogP contribution >= 0.6 is 0 Å². The number of hydrogen-bond donors (Lipinski definition) is 3. The molecule has 0 amide bonds. The van der Waals surface area contributed by atoms with Crippen molar-refractivity contribution in [3.05, 3.63) is 56.6 Å². The lowest BCUT2D eigenvalue weighted by Crippen LogP contribution is -2.26. The second-order valence-corrected chi connectivity index (χ2v) is 6.18. The fourth-order valence-corrected chi connectivity index (χ4v) is 3.03. The van der Waals surface area contributed by atoms with Crippen LogP contribution in [0.4, 0.5) is 17.1 Å². The Morgan fingerprint density at radius 2 is 1.77 bits per heavy atom. The first kappa shape index (κ1) is 17.4. The molecular formula is C18H17N3O5. The molecule has 4 N–H and O–H groups in total. The second kappa shape index (κ2) is 6.14. The molecule has 2 aromatic rings. The Morgan fingerprint density at radius 3 is 2.38 bits per heavy atom. The normalized spacial score (nSPS) is 13.8. The quantitative estimate of drug-likeness (QED) is 0.372. The molecule has 0 bridgehead atoms. The van der Waals surface area contributed by atoms with Gasteiger partial charge in [-0.15, -0.1) is 0 Å². The average molecular weight is 355 g/mol. The number of phenolic OH excluding ortho intramolecular Hbond substituents is 1. The van der Waals surface area contributed by atoms with Gasteiger partial charge in [-0.05, 0) is 31.5 Å². The van der Waals surface area contributed by atoms with Crippen molar-refractivity contribution < 1.29 is 19.6 Å². The number of anilines is 2. The van der Waals surface area contributed by atoms with Crippen LogP contribution in [0.2, 0.25) is 0 Å². The van der Waals surface area contributed by atoms with Crippen molar-refractivity contribution in [1.29, 1.82) is 0 Å². The number of nitro groups is 1. The Labute approximate surface area is 148 Å². The number of nitrogens with zero attached hydrogens (tertiary/aromatic N) is 1. The summed E-state index contributed by atoms with van der Waals surface area (Å²) >= 11 is 0. The monoisotopic (exact) mass is 355 g/mol. The van der Waals surface area contributed by atoms with E-state index in [1.54, 1.807) is 6.07 Å². The maximum Gasteiger partial charge on any atom is 0.281 e. The molecule has 1 atom stereocenters. The third kappa shape index (κ3) is 2.46. The summed E-state index contributed by atoms with van der Waals surface area (Å²) in [5.41, 5.74) is 4.98. The minimum atomic E-state index is -0.758. The van der Waals surface area contributed by atoms with Gasteiger partial charge in [-0.3, -0.25) is 19.7 Å². The molecule has 0 aliphatic heterocycles. The van der Waals surface area contributed by atoms with E-state index in [2.05, 4.69) is 5.32 Å². The average Bonchev–Trinajstić information content (AvgIpc) is 2.60. The number of rotatable bonds is 4. The Morgan fingerprint density at radius 1 is 1.12 bits per heavy atom. The van der Waals surface area contributed by atoms with Gasteiger partial charge in [0, 0.05) is 23.5 Å². The lowest BCUT2D eigenvalue weighted by molar-refractivity contribution is -0.385. The third-order valence-electron chi connectivity index (χ3n) is 4.52. The highest BCUT2D eigenvalue weighted by atomic mass is 16.6. The summed E-state index contributed by atoms with van der Waals surface area (Å²) in [5, 5.41) is 24.6. The number of aromatic hydroxyl groups is 1. The van der Waals surface area contributed by atoms with Crippen LogP contribution in [0.25, 0.3) is 0 Å². The molecule has 8 heteroatoms. The number of ketones is 2. The van der Waals surface area contributed by atoms with Gasteiger partial charge in [0.1, 0.15) is 11.3 Å². The van der Waals surface area contributed by atoms with Gasteiger partial charge in [-0.1, -0.05) is 6.92 Å². The van der Waals surface area contributed by atoms with Crippen molar-refractivity contribution >= 4 is 28.6 Å². The van der Waals surface area contributed by atoms with E-state index in [1.165, 1.54) is 6.07 Å². The van der Waals surface area contributed by atoms with Gasteiger partial charge in [0.15, 0.2) is 0 Å². The first-order valence-electron chi connectivity index (χ1n) is 8.06. The van der Waals surface area contributed by atoms with Crippen molar-refractivity contribution in [2.45, 2.75) is 26.3 Å². The summed E-state index contributed by atoms with van der Waals surface area (Å²) in [4.78, 5) is 36.6. The number of hydrogen-bond acceptors (Lipinski definition) is 7. The molecule has 0 saturated carbocycles. The number of nitro benzene ring substituents is 1. The number of benzene rings is 2. The van der Waals surface area contributed by atoms with Crippen LogP contribution in [0.1, 0.15) is 52.1 Å². The summed E-state index contributed by atoms with van der Waals surface area (Å²) in [7, 11) is 0. The molecule has 3 rings (SSSR count). The molecule has 8 nitrogen and oxygen atoms in total. The molecule has 0 heterocycles. The number of nitrogens with one attached hydrogen (secondary N) is 1. The van der Waals surface area contributed by atoms with E-state index in [1.807, 2.05) is 13.8 Å². The van der Waals surface area contributed by atoms with Crippen LogP contribution in [0.15, 0.2) is 24.3 Å². The molecule has 0 spiro atoms. The molecule has 0 saturated heterocycles. The Hall–Kier alpha value is -3.42. The molecule has 0 aromatic heterocycles. The lowest BCUT2D eigenvalue weighted by Gasteiger charge is -2.24. The standard InChI is InChI=1S/C18H17N3O5/c1-3-8(2)20-10-5-4-9(19)13-14(10)18(24)16-12(22)7-6-11(21(25)26)15(16)17(13)23/h4-8,20,22H,3,19H2,1-2H3/t8-/m1/s1. The van der Waals surface area contributed by atoms with Gasteiger partial charge in [0.25, 0.3) is 5.69 Å². The number of carbonyl (C=O) groups is 2. The largest absolute Gasteiger partial charge is 0.507 e. The smallest absolute Gasteiger partial charge is 0.281 e. The maximum absolute atomic E-state index is 13.1. The predicted molar refractivity (Wildman–Crippen MR) is 95.9 cm³/mol. The molecule has 26 heavy (non-hydrogen) atoms. The van der Waals surface area contributed by atoms with Crippen molar-refractivity contribution in [2.24, 2.45) is 0 Å². The molecular weight excluding hydrogens is 338 g/mol. The molecule has 1 aliphatic carbocycles. The minimum absolute atomic E-state index is 0.0192. The third-order valence-corrected chi connectivity index (χ3v) is 4.52. The summed E-state index contributed by atoms with van der Waals surface area (Å²) in [6.45, 7) is 3.87. The van der Waals surface area contributed by atoms with Gasteiger partial charge in [-0.25, -0.2) is 0 Å². The van der Waals surface area contributed by atoms with Crippen LogP contribution in [-0.2, 0) is 0 Å². The summed E-state index contributed by atoms with van der Waals surface area (Å²) in [6.07, 6.45) is 0.772. The van der Waals surface area contributed by atoms with E-state index in [4.69, 9.17) is 5.73 Å². The van der Waals surface area contributed by atoms with Crippen molar-refractivity contribution in [3.8, 4) is 5.75 Å². The van der Waals surface area contributed by atoms with Crippen LogP contribution in [0, 0.1) is 10.1 Å². The highest BCUT2D eigenvalue weighted by Crippen LogP contribution is 2.42. The molecule has 0 unspecified atom stereocenters. The van der Waals surface area contributed by atoms with E-state index >= 15 is 0 Å². The molecule has 0 radical (unpaired) electrons. The van der Waals surface area contributed by atoms with Gasteiger partial charge in [-0.2, -0.15) is 0 Å². The zero-order chi connectivity index (χ0) is 19.2. The fourth-order valence-electron chi connectivity index (χ4n) is 3.03. The van der Waals surface area contributed by atoms with Crippen LogP contribution in [-0.4, -0.2) is 27.6 Å². The molecule has 1 aliphatic rings. The highest BCUT2D eigenvalue weighted by molar-refractivity contribution is 6.33. The van der Waals surface area contributed by atoms with Crippen molar-refractivity contribution in [2.75, 3.05) is 11.1 Å². The first-order valence-corrected chi connectivity index (χ1v) is 8.06. The zero-order valence-corrected chi connectivity index (χ0v) is 14.2. The number of nitrogen functional groups attached to an aromatic ring is 1. The van der Waals surface area contributed by atoms with E-state index in [0.717, 1.165) is 18.6 Å². The molecule has 2 aromatic carbocycles. The number of carbonyl (C=O) groups excluding carboxylic acids is 2. The summed E-state index contributed by atoms with van der Waals surface area (Å²) in [6, 6.07) is 5.13. The first-order chi connectivity index (χ1) is 12.3. The van der Waals surface area contributed by atoms with Gasteiger partial charge >= 0.3 is 0 Å².